The molecule has 1 aliphatic rings. The van der Waals surface area contributed by atoms with Crippen LogP contribution in [0.15, 0.2) is 24.3 Å². The summed E-state index contributed by atoms with van der Waals surface area (Å²) in [5.41, 5.74) is 0.963. The van der Waals surface area contributed by atoms with Crippen LogP contribution in [0.25, 0.3) is 0 Å². The van der Waals surface area contributed by atoms with Crippen molar-refractivity contribution in [3.63, 3.8) is 0 Å². The number of carbonyl (C=O) groups is 1. The molecule has 0 aliphatic carbocycles. The molecule has 1 N–H and O–H groups in total. The largest absolute Gasteiger partial charge is 0.351 e. The van der Waals surface area contributed by atoms with Crippen LogP contribution in [0, 0.1) is 5.92 Å². The SMILES string of the molecule is C[C@@H]1CCCN(CC(=O)NCc2ccccc2Cl)C1. The van der Waals surface area contributed by atoms with Gasteiger partial charge in [0.15, 0.2) is 0 Å². The minimum Gasteiger partial charge on any atom is -0.351 e. The van der Waals surface area contributed by atoms with Crippen molar-refractivity contribution in [1.82, 2.24) is 10.2 Å². The number of benzene rings is 1. The van der Waals surface area contributed by atoms with E-state index >= 15 is 0 Å². The van der Waals surface area contributed by atoms with Gasteiger partial charge in [-0.15, -0.1) is 0 Å². The third-order valence-electron chi connectivity index (χ3n) is 3.54. The monoisotopic (exact) mass is 280 g/mol. The Morgan fingerprint density at radius 3 is 3.00 bits per heavy atom. The second-order valence-corrected chi connectivity index (χ2v) is 5.76. The van der Waals surface area contributed by atoms with E-state index in [-0.39, 0.29) is 5.91 Å². The second kappa shape index (κ2) is 6.92. The van der Waals surface area contributed by atoms with Crippen molar-refractivity contribution in [3.8, 4) is 0 Å². The van der Waals surface area contributed by atoms with E-state index in [1.807, 2.05) is 24.3 Å². The first-order valence-electron chi connectivity index (χ1n) is 6.87. The third-order valence-corrected chi connectivity index (χ3v) is 3.91. The predicted octanol–water partition coefficient (Wildman–Crippen LogP) is 2.69. The number of hydrogen-bond acceptors (Lipinski definition) is 2. The van der Waals surface area contributed by atoms with Crippen LogP contribution in [-0.4, -0.2) is 30.4 Å². The van der Waals surface area contributed by atoms with Gasteiger partial charge in [0.25, 0.3) is 0 Å². The number of piperidine rings is 1. The van der Waals surface area contributed by atoms with Crippen molar-refractivity contribution < 1.29 is 4.79 Å². The molecule has 1 aromatic carbocycles. The molecule has 0 bridgehead atoms. The Balaban J connectivity index is 1.77. The van der Waals surface area contributed by atoms with Crippen LogP contribution in [0.2, 0.25) is 5.02 Å². The number of halogens is 1. The van der Waals surface area contributed by atoms with Gasteiger partial charge >= 0.3 is 0 Å². The fourth-order valence-electron chi connectivity index (χ4n) is 2.52. The van der Waals surface area contributed by atoms with E-state index in [0.717, 1.165) is 18.7 Å². The van der Waals surface area contributed by atoms with Gasteiger partial charge in [-0.05, 0) is 36.9 Å². The molecule has 104 valence electrons. The van der Waals surface area contributed by atoms with Crippen molar-refractivity contribution in [2.45, 2.75) is 26.3 Å². The maximum absolute atomic E-state index is 11.9. The molecule has 1 aliphatic heterocycles. The van der Waals surface area contributed by atoms with E-state index in [4.69, 9.17) is 11.6 Å². The maximum Gasteiger partial charge on any atom is 0.234 e. The molecule has 3 nitrogen and oxygen atoms in total. The van der Waals surface area contributed by atoms with E-state index < -0.39 is 0 Å². The highest BCUT2D eigenvalue weighted by Crippen LogP contribution is 2.15. The Kier molecular flexibility index (Phi) is 5.23. The molecule has 1 amide bonds. The normalized spacial score (nSPS) is 20.2. The summed E-state index contributed by atoms with van der Waals surface area (Å²) in [4.78, 5) is 14.1. The molecule has 19 heavy (non-hydrogen) atoms. The number of nitrogens with zero attached hydrogens (tertiary/aromatic N) is 1. The summed E-state index contributed by atoms with van der Waals surface area (Å²) in [7, 11) is 0. The Morgan fingerprint density at radius 2 is 2.26 bits per heavy atom. The van der Waals surface area contributed by atoms with Gasteiger partial charge < -0.3 is 5.32 Å². The Hall–Kier alpha value is -1.06. The van der Waals surface area contributed by atoms with Gasteiger partial charge in [-0.2, -0.15) is 0 Å². The zero-order chi connectivity index (χ0) is 13.7. The zero-order valence-electron chi connectivity index (χ0n) is 11.4. The Labute approximate surface area is 119 Å². The van der Waals surface area contributed by atoms with Crippen LogP contribution in [0.3, 0.4) is 0 Å². The van der Waals surface area contributed by atoms with Crippen molar-refractivity contribution in [3.05, 3.63) is 34.9 Å². The number of carbonyl (C=O) groups excluding carboxylic acids is 1. The molecule has 1 fully saturated rings. The van der Waals surface area contributed by atoms with E-state index in [1.165, 1.54) is 12.8 Å². The first-order valence-corrected chi connectivity index (χ1v) is 7.25. The summed E-state index contributed by atoms with van der Waals surface area (Å²) in [6.07, 6.45) is 2.47. The molecular weight excluding hydrogens is 260 g/mol. The molecule has 1 saturated heterocycles. The summed E-state index contributed by atoms with van der Waals surface area (Å²) in [6, 6.07) is 7.60. The second-order valence-electron chi connectivity index (χ2n) is 5.35. The van der Waals surface area contributed by atoms with Gasteiger partial charge in [-0.3, -0.25) is 9.69 Å². The van der Waals surface area contributed by atoms with Crippen molar-refractivity contribution >= 4 is 17.5 Å². The van der Waals surface area contributed by atoms with Crippen LogP contribution in [0.4, 0.5) is 0 Å². The molecule has 0 aromatic heterocycles. The van der Waals surface area contributed by atoms with Crippen LogP contribution < -0.4 is 5.32 Å². The molecule has 2 rings (SSSR count). The van der Waals surface area contributed by atoms with E-state index in [0.29, 0.717) is 24.0 Å². The van der Waals surface area contributed by atoms with E-state index in [9.17, 15) is 4.79 Å². The first-order chi connectivity index (χ1) is 9.15. The number of likely N-dealkylation sites (tertiary alicyclic amines) is 1. The summed E-state index contributed by atoms with van der Waals surface area (Å²) in [6.45, 7) is 5.30. The van der Waals surface area contributed by atoms with Crippen molar-refractivity contribution in [1.29, 1.82) is 0 Å². The average molecular weight is 281 g/mol. The average Bonchev–Trinajstić information content (AvgIpc) is 2.38. The lowest BCUT2D eigenvalue weighted by Gasteiger charge is -2.30. The fraction of sp³-hybridized carbons (Fsp3) is 0.533. The maximum atomic E-state index is 11.9. The molecule has 0 unspecified atom stereocenters. The number of rotatable bonds is 4. The lowest BCUT2D eigenvalue weighted by Crippen LogP contribution is -2.41. The highest BCUT2D eigenvalue weighted by atomic mass is 35.5. The lowest BCUT2D eigenvalue weighted by molar-refractivity contribution is -0.122. The molecule has 0 radical (unpaired) electrons. The lowest BCUT2D eigenvalue weighted by atomic mass is 10.0. The minimum atomic E-state index is 0.0778. The van der Waals surface area contributed by atoms with Crippen molar-refractivity contribution in [2.24, 2.45) is 5.92 Å². The van der Waals surface area contributed by atoms with Gasteiger partial charge in [0.05, 0.1) is 6.54 Å². The highest BCUT2D eigenvalue weighted by molar-refractivity contribution is 6.31. The van der Waals surface area contributed by atoms with Crippen LogP contribution in [0.1, 0.15) is 25.3 Å². The minimum absolute atomic E-state index is 0.0778. The third kappa shape index (κ3) is 4.51. The van der Waals surface area contributed by atoms with E-state index in [2.05, 4.69) is 17.1 Å². The molecule has 0 spiro atoms. The van der Waals surface area contributed by atoms with Gasteiger partial charge in [0, 0.05) is 18.1 Å². The smallest absolute Gasteiger partial charge is 0.234 e. The molecule has 0 saturated carbocycles. The van der Waals surface area contributed by atoms with Gasteiger partial charge in [-0.25, -0.2) is 0 Å². The molecule has 1 atom stereocenters. The quantitative estimate of drug-likeness (QED) is 0.920. The number of hydrogen-bond donors (Lipinski definition) is 1. The molecule has 1 heterocycles. The fourth-order valence-corrected chi connectivity index (χ4v) is 2.73. The zero-order valence-corrected chi connectivity index (χ0v) is 12.1. The van der Waals surface area contributed by atoms with Crippen molar-refractivity contribution in [2.75, 3.05) is 19.6 Å². The van der Waals surface area contributed by atoms with Crippen LogP contribution >= 0.6 is 11.6 Å². The van der Waals surface area contributed by atoms with Gasteiger partial charge in [-0.1, -0.05) is 36.7 Å². The van der Waals surface area contributed by atoms with Gasteiger partial charge in [0.2, 0.25) is 5.91 Å². The Morgan fingerprint density at radius 1 is 1.47 bits per heavy atom. The first kappa shape index (κ1) is 14.4. The summed E-state index contributed by atoms with van der Waals surface area (Å²) >= 11 is 6.06. The van der Waals surface area contributed by atoms with Crippen LogP contribution in [0.5, 0.6) is 0 Å². The highest BCUT2D eigenvalue weighted by Gasteiger charge is 2.18. The summed E-state index contributed by atoms with van der Waals surface area (Å²) < 4.78 is 0. The number of nitrogens with one attached hydrogen (secondary N) is 1. The standard InChI is InChI=1S/C15H21ClN2O/c1-12-5-4-8-18(10-12)11-15(19)17-9-13-6-2-3-7-14(13)16/h2-3,6-7,12H,4-5,8-11H2,1H3,(H,17,19)/t12-/m1/s1. The summed E-state index contributed by atoms with van der Waals surface area (Å²) in [5, 5.41) is 3.64. The molecular formula is C15H21ClN2O. The number of amides is 1. The molecule has 1 aromatic rings. The topological polar surface area (TPSA) is 32.3 Å². The predicted molar refractivity (Wildman–Crippen MR) is 78.1 cm³/mol. The van der Waals surface area contributed by atoms with Crippen LogP contribution in [-0.2, 0) is 11.3 Å². The Bertz CT molecular complexity index is 436. The summed E-state index contributed by atoms with van der Waals surface area (Å²) in [5.74, 6) is 0.777. The van der Waals surface area contributed by atoms with E-state index in [1.54, 1.807) is 0 Å². The molecule has 4 heteroatoms. The van der Waals surface area contributed by atoms with Gasteiger partial charge in [0.1, 0.15) is 0 Å².